The molecule has 21 heavy (non-hydrogen) atoms. The van der Waals surface area contributed by atoms with Crippen LogP contribution in [0.2, 0.25) is 5.02 Å². The van der Waals surface area contributed by atoms with Gasteiger partial charge in [0.2, 0.25) is 0 Å². The average molecular weight is 434 g/mol. The Morgan fingerprint density at radius 1 is 1.19 bits per heavy atom. The highest BCUT2D eigenvalue weighted by atomic mass is 79.9. The fourth-order valence-electron chi connectivity index (χ4n) is 2.01. The predicted octanol–water partition coefficient (Wildman–Crippen LogP) is 5.72. The van der Waals surface area contributed by atoms with E-state index in [2.05, 4.69) is 31.9 Å². The zero-order chi connectivity index (χ0) is 15.4. The molecule has 112 valence electrons. The van der Waals surface area contributed by atoms with Gasteiger partial charge in [0.1, 0.15) is 11.9 Å². The quantitative estimate of drug-likeness (QED) is 0.654. The standard InChI is InChI=1S/C16H16Br2ClNO/c1-2-14(20)16(11-5-3-4-6-12(11)18)21-15-9-10(17)7-8-13(15)19/h3-9,14,16H,2,20H2,1H3. The van der Waals surface area contributed by atoms with E-state index < -0.39 is 0 Å². The largest absolute Gasteiger partial charge is 0.482 e. The van der Waals surface area contributed by atoms with Crippen LogP contribution in [0.4, 0.5) is 0 Å². The van der Waals surface area contributed by atoms with Crippen molar-refractivity contribution < 1.29 is 4.74 Å². The molecule has 0 aliphatic carbocycles. The molecular weight excluding hydrogens is 417 g/mol. The normalized spacial score (nSPS) is 13.8. The lowest BCUT2D eigenvalue weighted by Gasteiger charge is -2.26. The summed E-state index contributed by atoms with van der Waals surface area (Å²) in [5.41, 5.74) is 7.27. The average Bonchev–Trinajstić information content (AvgIpc) is 2.48. The topological polar surface area (TPSA) is 35.2 Å². The lowest BCUT2D eigenvalue weighted by molar-refractivity contribution is 0.170. The number of benzene rings is 2. The van der Waals surface area contributed by atoms with Gasteiger partial charge in [-0.2, -0.15) is 0 Å². The van der Waals surface area contributed by atoms with Crippen LogP contribution in [0.1, 0.15) is 25.0 Å². The first-order chi connectivity index (χ1) is 10.0. The zero-order valence-corrected chi connectivity index (χ0v) is 15.5. The molecule has 0 aliphatic rings. The number of rotatable bonds is 5. The first-order valence-electron chi connectivity index (χ1n) is 6.64. The molecule has 0 saturated carbocycles. The summed E-state index contributed by atoms with van der Waals surface area (Å²) in [6.45, 7) is 2.04. The summed E-state index contributed by atoms with van der Waals surface area (Å²) in [6, 6.07) is 13.3. The molecule has 2 unspecified atom stereocenters. The Kier molecular flexibility index (Phi) is 6.11. The second-order valence-corrected chi connectivity index (χ2v) is 6.88. The van der Waals surface area contributed by atoms with Gasteiger partial charge < -0.3 is 10.5 Å². The summed E-state index contributed by atoms with van der Waals surface area (Å²) in [6.07, 6.45) is 0.537. The van der Waals surface area contributed by atoms with Crippen molar-refractivity contribution >= 4 is 43.5 Å². The van der Waals surface area contributed by atoms with Crippen molar-refractivity contribution in [1.29, 1.82) is 0 Å². The molecule has 2 N–H and O–H groups in total. The summed E-state index contributed by atoms with van der Waals surface area (Å²) in [5, 5.41) is 0.568. The van der Waals surface area contributed by atoms with Crippen molar-refractivity contribution in [2.75, 3.05) is 0 Å². The van der Waals surface area contributed by atoms with Gasteiger partial charge in [0.05, 0.1) is 5.02 Å². The molecule has 2 atom stereocenters. The van der Waals surface area contributed by atoms with E-state index in [1.54, 1.807) is 6.07 Å². The maximum absolute atomic E-state index is 6.25. The summed E-state index contributed by atoms with van der Waals surface area (Å²) in [7, 11) is 0. The Morgan fingerprint density at radius 2 is 1.90 bits per heavy atom. The van der Waals surface area contributed by atoms with Crippen molar-refractivity contribution in [1.82, 2.24) is 0 Å². The van der Waals surface area contributed by atoms with E-state index >= 15 is 0 Å². The maximum Gasteiger partial charge on any atom is 0.140 e. The molecular formula is C16H16Br2ClNO. The van der Waals surface area contributed by atoms with E-state index in [4.69, 9.17) is 22.1 Å². The molecule has 0 aromatic heterocycles. The fourth-order valence-corrected chi connectivity index (χ4v) is 3.02. The predicted molar refractivity (Wildman–Crippen MR) is 94.9 cm³/mol. The van der Waals surface area contributed by atoms with Crippen LogP contribution in [0.25, 0.3) is 0 Å². The van der Waals surface area contributed by atoms with Crippen LogP contribution in [0, 0.1) is 0 Å². The number of nitrogens with two attached hydrogens (primary N) is 1. The fraction of sp³-hybridized carbons (Fsp3) is 0.250. The molecule has 0 radical (unpaired) electrons. The van der Waals surface area contributed by atoms with Gasteiger partial charge in [-0.3, -0.25) is 0 Å². The Morgan fingerprint density at radius 3 is 2.57 bits per heavy atom. The highest BCUT2D eigenvalue weighted by Gasteiger charge is 2.23. The van der Waals surface area contributed by atoms with Gasteiger partial charge in [0, 0.05) is 20.6 Å². The lowest BCUT2D eigenvalue weighted by atomic mass is 10.0. The molecule has 0 fully saturated rings. The molecule has 0 aliphatic heterocycles. The van der Waals surface area contributed by atoms with Crippen molar-refractivity contribution in [3.8, 4) is 5.75 Å². The van der Waals surface area contributed by atoms with E-state index in [9.17, 15) is 0 Å². The monoisotopic (exact) mass is 431 g/mol. The van der Waals surface area contributed by atoms with Gasteiger partial charge in [0.25, 0.3) is 0 Å². The van der Waals surface area contributed by atoms with E-state index in [0.717, 1.165) is 20.9 Å². The molecule has 0 saturated heterocycles. The summed E-state index contributed by atoms with van der Waals surface area (Å²) in [5.74, 6) is 0.621. The molecule has 5 heteroatoms. The first kappa shape index (κ1) is 16.8. The number of hydrogen-bond donors (Lipinski definition) is 1. The van der Waals surface area contributed by atoms with Gasteiger partial charge in [-0.25, -0.2) is 0 Å². The Bertz CT molecular complexity index is 621. The van der Waals surface area contributed by atoms with Crippen molar-refractivity contribution in [3.05, 3.63) is 62.0 Å². The summed E-state index contributed by atoms with van der Waals surface area (Å²) < 4.78 is 8.02. The number of halogens is 3. The van der Waals surface area contributed by atoms with Crippen LogP contribution in [0.15, 0.2) is 51.4 Å². The van der Waals surface area contributed by atoms with Gasteiger partial charge >= 0.3 is 0 Å². The smallest absolute Gasteiger partial charge is 0.140 e. The summed E-state index contributed by atoms with van der Waals surface area (Å²) >= 11 is 13.2. The molecule has 2 aromatic carbocycles. The van der Waals surface area contributed by atoms with Crippen molar-refractivity contribution in [2.24, 2.45) is 5.73 Å². The van der Waals surface area contributed by atoms with Crippen LogP contribution in [-0.4, -0.2) is 6.04 Å². The number of ether oxygens (including phenoxy) is 1. The molecule has 2 aromatic rings. The first-order valence-corrected chi connectivity index (χ1v) is 8.61. The summed E-state index contributed by atoms with van der Waals surface area (Å²) in [4.78, 5) is 0. The lowest BCUT2D eigenvalue weighted by Crippen LogP contribution is -2.31. The minimum atomic E-state index is -0.266. The van der Waals surface area contributed by atoms with Gasteiger partial charge in [0.15, 0.2) is 0 Å². The molecule has 0 bridgehead atoms. The van der Waals surface area contributed by atoms with Gasteiger partial charge in [-0.05, 0) is 30.7 Å². The third-order valence-corrected chi connectivity index (χ3v) is 4.75. The van der Waals surface area contributed by atoms with Crippen LogP contribution >= 0.6 is 43.5 Å². The van der Waals surface area contributed by atoms with Crippen LogP contribution in [0.5, 0.6) is 5.75 Å². The van der Waals surface area contributed by atoms with Gasteiger partial charge in [-0.15, -0.1) is 0 Å². The van der Waals surface area contributed by atoms with Crippen molar-refractivity contribution in [2.45, 2.75) is 25.5 Å². The Balaban J connectivity index is 2.38. The zero-order valence-electron chi connectivity index (χ0n) is 11.5. The van der Waals surface area contributed by atoms with E-state index in [1.165, 1.54) is 0 Å². The third-order valence-electron chi connectivity index (χ3n) is 3.22. The Hall–Kier alpha value is -0.550. The van der Waals surface area contributed by atoms with Crippen molar-refractivity contribution in [3.63, 3.8) is 0 Å². The van der Waals surface area contributed by atoms with E-state index in [-0.39, 0.29) is 12.1 Å². The highest BCUT2D eigenvalue weighted by molar-refractivity contribution is 9.10. The SMILES string of the molecule is CCC(N)C(Oc1cc(Br)ccc1Cl)c1ccccc1Br. The van der Waals surface area contributed by atoms with Gasteiger partial charge in [-0.1, -0.05) is 68.6 Å². The molecule has 0 amide bonds. The number of hydrogen-bond acceptors (Lipinski definition) is 2. The maximum atomic E-state index is 6.25. The van der Waals surface area contributed by atoms with E-state index in [0.29, 0.717) is 10.8 Å². The van der Waals surface area contributed by atoms with Crippen LogP contribution < -0.4 is 10.5 Å². The van der Waals surface area contributed by atoms with Crippen LogP contribution in [-0.2, 0) is 0 Å². The molecule has 0 spiro atoms. The molecule has 2 rings (SSSR count). The third kappa shape index (κ3) is 4.22. The highest BCUT2D eigenvalue weighted by Crippen LogP contribution is 2.35. The Labute approximate surface area is 146 Å². The minimum Gasteiger partial charge on any atom is -0.482 e. The van der Waals surface area contributed by atoms with E-state index in [1.807, 2.05) is 43.3 Å². The minimum absolute atomic E-state index is 0.126. The second-order valence-electron chi connectivity index (χ2n) is 4.71. The van der Waals surface area contributed by atoms with Crippen LogP contribution in [0.3, 0.4) is 0 Å². The molecule has 0 heterocycles. The second kappa shape index (κ2) is 7.63. The molecule has 2 nitrogen and oxygen atoms in total.